The molecule has 0 bridgehead atoms. The van der Waals surface area contributed by atoms with Crippen molar-refractivity contribution in [1.29, 1.82) is 0 Å². The van der Waals surface area contributed by atoms with E-state index in [0.717, 1.165) is 71.9 Å². The highest BCUT2D eigenvalue weighted by molar-refractivity contribution is 6.19. The predicted molar refractivity (Wildman–Crippen MR) is 178 cm³/mol. The first-order valence-electron chi connectivity index (χ1n) is 15.4. The van der Waals surface area contributed by atoms with Crippen LogP contribution in [0.15, 0.2) is 60.7 Å². The number of rotatable bonds is 8. The molecular formula is C36H36Cl2N2O4. The molecule has 4 aromatic carbocycles. The monoisotopic (exact) mass is 630 g/mol. The van der Waals surface area contributed by atoms with Crippen LogP contribution in [0.5, 0.6) is 11.5 Å². The van der Waals surface area contributed by atoms with Crippen molar-refractivity contribution in [3.05, 3.63) is 71.8 Å². The van der Waals surface area contributed by atoms with E-state index < -0.39 is 0 Å². The SMILES string of the molecule is CC(=O)Oc1cc2c(c3ccccc13)[C@H](CCl)CN2CC1CC(CN2C[C@@H](CCl)c3c2cc(OC(C)=O)c2ccccc32)C1. The Kier molecular flexibility index (Phi) is 7.84. The molecule has 6 nitrogen and oxygen atoms in total. The topological polar surface area (TPSA) is 59.1 Å². The minimum atomic E-state index is -0.316. The number of hydrogen-bond acceptors (Lipinski definition) is 6. The van der Waals surface area contributed by atoms with Crippen molar-refractivity contribution in [2.24, 2.45) is 11.8 Å². The number of fused-ring (bicyclic) bond motifs is 6. The Bertz CT molecular complexity index is 1640. The van der Waals surface area contributed by atoms with Crippen molar-refractivity contribution >= 4 is 68.1 Å². The van der Waals surface area contributed by atoms with E-state index in [0.29, 0.717) is 35.1 Å². The minimum Gasteiger partial charge on any atom is -0.426 e. The summed E-state index contributed by atoms with van der Waals surface area (Å²) in [5.41, 5.74) is 4.80. The third kappa shape index (κ3) is 5.16. The van der Waals surface area contributed by atoms with Crippen molar-refractivity contribution in [1.82, 2.24) is 0 Å². The highest BCUT2D eigenvalue weighted by Crippen LogP contribution is 2.49. The van der Waals surface area contributed by atoms with Crippen LogP contribution in [-0.2, 0) is 9.59 Å². The number of alkyl halides is 2. The molecule has 228 valence electrons. The van der Waals surface area contributed by atoms with Gasteiger partial charge in [-0.25, -0.2) is 0 Å². The standard InChI is InChI=1S/C36H36Cl2N2O4/c1-21(41)43-33-13-31-35(29-9-5-3-7-27(29)33)25(15-37)19-39(31)17-23-11-24(12-23)18-40-20-26(16-38)36-30-10-6-4-8-28(30)34(14-32(36)40)44-22(2)42/h3-10,13-14,23-26H,11-12,15-20H2,1-2H3/t23?,24?,25-,26-/m1/s1. The van der Waals surface area contributed by atoms with Gasteiger partial charge in [-0.1, -0.05) is 48.5 Å². The van der Waals surface area contributed by atoms with Gasteiger partial charge in [0, 0.05) is 97.9 Å². The van der Waals surface area contributed by atoms with Crippen molar-refractivity contribution in [2.45, 2.75) is 38.5 Å². The molecule has 2 atom stereocenters. The van der Waals surface area contributed by atoms with Gasteiger partial charge in [0.15, 0.2) is 0 Å². The molecule has 2 aliphatic heterocycles. The number of ether oxygens (including phenoxy) is 2. The third-order valence-electron chi connectivity index (χ3n) is 9.60. The molecule has 1 fully saturated rings. The molecule has 0 amide bonds. The fraction of sp³-hybridized carbons (Fsp3) is 0.389. The Morgan fingerprint density at radius 2 is 1.07 bits per heavy atom. The molecule has 3 aliphatic rings. The smallest absolute Gasteiger partial charge is 0.308 e. The van der Waals surface area contributed by atoms with Crippen molar-refractivity contribution in [3.63, 3.8) is 0 Å². The van der Waals surface area contributed by atoms with Gasteiger partial charge in [0.2, 0.25) is 0 Å². The quantitative estimate of drug-likeness (QED) is 0.112. The van der Waals surface area contributed by atoms with E-state index >= 15 is 0 Å². The van der Waals surface area contributed by atoms with Crippen LogP contribution in [0.25, 0.3) is 21.5 Å². The van der Waals surface area contributed by atoms with Crippen LogP contribution in [-0.4, -0.2) is 49.9 Å². The number of nitrogens with zero attached hydrogens (tertiary/aromatic N) is 2. The highest BCUT2D eigenvalue weighted by atomic mass is 35.5. The molecule has 8 heteroatoms. The van der Waals surface area contributed by atoms with Crippen LogP contribution in [0.1, 0.15) is 49.7 Å². The van der Waals surface area contributed by atoms with E-state index in [-0.39, 0.29) is 23.8 Å². The van der Waals surface area contributed by atoms with Gasteiger partial charge in [0.1, 0.15) is 11.5 Å². The predicted octanol–water partition coefficient (Wildman–Crippen LogP) is 7.85. The third-order valence-corrected chi connectivity index (χ3v) is 10.3. The van der Waals surface area contributed by atoms with Crippen LogP contribution in [0.3, 0.4) is 0 Å². The van der Waals surface area contributed by atoms with E-state index in [9.17, 15) is 9.59 Å². The van der Waals surface area contributed by atoms with E-state index in [1.807, 2.05) is 48.5 Å². The maximum atomic E-state index is 11.9. The molecule has 7 rings (SSSR count). The van der Waals surface area contributed by atoms with Crippen LogP contribution >= 0.6 is 23.2 Å². The molecule has 0 N–H and O–H groups in total. The average Bonchev–Trinajstić information content (AvgIpc) is 3.53. The summed E-state index contributed by atoms with van der Waals surface area (Å²) in [6.07, 6.45) is 2.28. The highest BCUT2D eigenvalue weighted by Gasteiger charge is 2.39. The number of carbonyl (C=O) groups excluding carboxylic acids is 2. The first-order chi connectivity index (χ1) is 21.3. The summed E-state index contributed by atoms with van der Waals surface area (Å²) in [6.45, 7) is 6.55. The minimum absolute atomic E-state index is 0.230. The number of esters is 2. The fourth-order valence-corrected chi connectivity index (χ4v) is 8.37. The Labute approximate surface area is 267 Å². The first-order valence-corrected chi connectivity index (χ1v) is 16.5. The molecule has 2 heterocycles. The Hall–Kier alpha value is -3.48. The summed E-state index contributed by atoms with van der Waals surface area (Å²) in [7, 11) is 0. The number of halogens is 2. The molecule has 0 radical (unpaired) electrons. The van der Waals surface area contributed by atoms with Crippen molar-refractivity contribution < 1.29 is 19.1 Å². The first kappa shape index (κ1) is 29.2. The van der Waals surface area contributed by atoms with Crippen LogP contribution in [0.4, 0.5) is 11.4 Å². The van der Waals surface area contributed by atoms with Crippen molar-refractivity contribution in [2.75, 3.05) is 47.7 Å². The second-order valence-corrected chi connectivity index (χ2v) is 13.2. The Morgan fingerprint density at radius 1 is 0.682 bits per heavy atom. The molecule has 0 spiro atoms. The lowest BCUT2D eigenvalue weighted by atomic mass is 9.74. The number of anilines is 2. The van der Waals surface area contributed by atoms with E-state index in [2.05, 4.69) is 21.9 Å². The van der Waals surface area contributed by atoms with Crippen LogP contribution < -0.4 is 19.3 Å². The number of hydrogen-bond donors (Lipinski definition) is 0. The van der Waals surface area contributed by atoms with Gasteiger partial charge in [-0.2, -0.15) is 0 Å². The molecule has 1 saturated carbocycles. The van der Waals surface area contributed by atoms with E-state index in [4.69, 9.17) is 32.7 Å². The summed E-state index contributed by atoms with van der Waals surface area (Å²) in [4.78, 5) is 28.8. The van der Waals surface area contributed by atoms with E-state index in [1.165, 1.54) is 25.0 Å². The largest absolute Gasteiger partial charge is 0.426 e. The fourth-order valence-electron chi connectivity index (χ4n) is 7.87. The van der Waals surface area contributed by atoms with Gasteiger partial charge in [-0.15, -0.1) is 23.2 Å². The van der Waals surface area contributed by atoms with Crippen LogP contribution in [0, 0.1) is 11.8 Å². The summed E-state index contributed by atoms with van der Waals surface area (Å²) in [6, 6.07) is 20.4. The molecule has 4 aromatic rings. The molecule has 0 aromatic heterocycles. The van der Waals surface area contributed by atoms with Crippen LogP contribution in [0.2, 0.25) is 0 Å². The Morgan fingerprint density at radius 3 is 1.43 bits per heavy atom. The summed E-state index contributed by atoms with van der Waals surface area (Å²) >= 11 is 13.0. The summed E-state index contributed by atoms with van der Waals surface area (Å²) < 4.78 is 11.3. The maximum absolute atomic E-state index is 11.9. The van der Waals surface area contributed by atoms with Crippen molar-refractivity contribution in [3.8, 4) is 11.5 Å². The molecule has 0 saturated heterocycles. The van der Waals surface area contributed by atoms with Gasteiger partial charge in [0.25, 0.3) is 0 Å². The second-order valence-electron chi connectivity index (χ2n) is 12.6. The zero-order valence-corrected chi connectivity index (χ0v) is 26.5. The maximum Gasteiger partial charge on any atom is 0.308 e. The van der Waals surface area contributed by atoms with Gasteiger partial charge in [-0.05, 0) is 46.6 Å². The second kappa shape index (κ2) is 11.8. The van der Waals surface area contributed by atoms with E-state index in [1.54, 1.807) is 0 Å². The number of carbonyl (C=O) groups is 2. The zero-order valence-electron chi connectivity index (χ0n) is 25.0. The van der Waals surface area contributed by atoms with Gasteiger partial charge < -0.3 is 19.3 Å². The summed E-state index contributed by atoms with van der Waals surface area (Å²) in [5.74, 6) is 3.30. The van der Waals surface area contributed by atoms with Gasteiger partial charge >= 0.3 is 11.9 Å². The van der Waals surface area contributed by atoms with Gasteiger partial charge in [-0.3, -0.25) is 9.59 Å². The lowest BCUT2D eigenvalue weighted by Gasteiger charge is -2.41. The summed E-state index contributed by atoms with van der Waals surface area (Å²) in [5, 5.41) is 4.13. The molecule has 44 heavy (non-hydrogen) atoms. The normalized spacial score (nSPS) is 22.2. The molecule has 1 aliphatic carbocycles. The van der Waals surface area contributed by atoms with Gasteiger partial charge in [0.05, 0.1) is 0 Å². The lowest BCUT2D eigenvalue weighted by Crippen LogP contribution is -2.41. The molecule has 0 unspecified atom stereocenters. The Balaban J connectivity index is 1.09. The zero-order chi connectivity index (χ0) is 30.5. The average molecular weight is 632 g/mol. The number of benzene rings is 4. The molecular weight excluding hydrogens is 595 g/mol. The lowest BCUT2D eigenvalue weighted by molar-refractivity contribution is -0.132.